The summed E-state index contributed by atoms with van der Waals surface area (Å²) in [4.78, 5) is 29.4. The highest BCUT2D eigenvalue weighted by molar-refractivity contribution is 5.98. The van der Waals surface area contributed by atoms with Gasteiger partial charge in [-0.3, -0.25) is 14.6 Å². The van der Waals surface area contributed by atoms with E-state index in [2.05, 4.69) is 16.9 Å². The number of alkyl halides is 2. The van der Waals surface area contributed by atoms with Crippen molar-refractivity contribution in [3.8, 4) is 6.07 Å². The van der Waals surface area contributed by atoms with E-state index in [0.717, 1.165) is 4.90 Å². The van der Waals surface area contributed by atoms with E-state index in [4.69, 9.17) is 5.26 Å². The second-order valence-corrected chi connectivity index (χ2v) is 5.87. The van der Waals surface area contributed by atoms with Crippen molar-refractivity contribution in [1.29, 1.82) is 5.26 Å². The first-order chi connectivity index (χ1) is 12.3. The van der Waals surface area contributed by atoms with Crippen LogP contribution in [-0.4, -0.2) is 46.8 Å². The van der Waals surface area contributed by atoms with Gasteiger partial charge in [0.15, 0.2) is 0 Å². The largest absolute Gasteiger partial charge is 0.343 e. The number of halogens is 2. The molecular weight excluding hydrogens is 342 g/mol. The molecular formula is C18H18F2N4O2. The van der Waals surface area contributed by atoms with Crippen LogP contribution in [0.4, 0.5) is 8.78 Å². The zero-order chi connectivity index (χ0) is 19.3. The van der Waals surface area contributed by atoms with Crippen LogP contribution in [0.25, 0.3) is 6.08 Å². The van der Waals surface area contributed by atoms with Crippen molar-refractivity contribution in [1.82, 2.24) is 15.2 Å². The number of pyridine rings is 1. The number of carbonyl (C=O) groups excluding carboxylic acids is 2. The fourth-order valence-corrected chi connectivity index (χ4v) is 2.67. The topological polar surface area (TPSA) is 86.1 Å². The lowest BCUT2D eigenvalue weighted by atomic mass is 10.1. The van der Waals surface area contributed by atoms with E-state index < -0.39 is 43.3 Å². The van der Waals surface area contributed by atoms with Crippen LogP contribution in [0.1, 0.15) is 28.0 Å². The Labute approximate surface area is 149 Å². The summed E-state index contributed by atoms with van der Waals surface area (Å²) >= 11 is 0. The SMILES string of the molecule is C=C/C=C\c1nccc(C(=O)NCC(=O)N2CC(F)(F)C[C@H]2C#N)c1C. The number of allylic oxidation sites excluding steroid dienone is 2. The molecule has 0 unspecified atom stereocenters. The van der Waals surface area contributed by atoms with E-state index in [1.165, 1.54) is 12.3 Å². The quantitative estimate of drug-likeness (QED) is 0.815. The number of nitrogens with one attached hydrogen (secondary N) is 1. The van der Waals surface area contributed by atoms with E-state index in [9.17, 15) is 18.4 Å². The summed E-state index contributed by atoms with van der Waals surface area (Å²) in [5.41, 5.74) is 1.51. The number of amides is 2. The zero-order valence-electron chi connectivity index (χ0n) is 14.2. The number of aromatic nitrogens is 1. The average Bonchev–Trinajstić information content (AvgIpc) is 2.93. The number of carbonyl (C=O) groups is 2. The maximum Gasteiger partial charge on any atom is 0.268 e. The number of hydrogen-bond donors (Lipinski definition) is 1. The molecule has 1 aliphatic rings. The van der Waals surface area contributed by atoms with Crippen LogP contribution in [0.3, 0.4) is 0 Å². The second kappa shape index (κ2) is 7.87. The van der Waals surface area contributed by atoms with E-state index in [0.29, 0.717) is 16.8 Å². The zero-order valence-corrected chi connectivity index (χ0v) is 14.2. The predicted octanol–water partition coefficient (Wildman–Crippen LogP) is 2.08. The minimum atomic E-state index is -3.09. The van der Waals surface area contributed by atoms with Gasteiger partial charge in [-0.05, 0) is 24.6 Å². The van der Waals surface area contributed by atoms with Crippen molar-refractivity contribution >= 4 is 17.9 Å². The monoisotopic (exact) mass is 360 g/mol. The molecule has 1 aliphatic heterocycles. The highest BCUT2D eigenvalue weighted by Crippen LogP contribution is 2.31. The van der Waals surface area contributed by atoms with Gasteiger partial charge in [-0.25, -0.2) is 8.78 Å². The average molecular weight is 360 g/mol. The molecule has 6 nitrogen and oxygen atoms in total. The molecule has 0 aliphatic carbocycles. The Morgan fingerprint density at radius 1 is 1.58 bits per heavy atom. The molecule has 2 heterocycles. The van der Waals surface area contributed by atoms with Crippen molar-refractivity contribution in [2.24, 2.45) is 0 Å². The minimum absolute atomic E-state index is 0.320. The summed E-state index contributed by atoms with van der Waals surface area (Å²) < 4.78 is 26.8. The van der Waals surface area contributed by atoms with Crippen LogP contribution in [0.15, 0.2) is 31.0 Å². The summed E-state index contributed by atoms with van der Waals surface area (Å²) in [6.07, 6.45) is 5.71. The number of likely N-dealkylation sites (tertiary alicyclic amines) is 1. The Morgan fingerprint density at radius 3 is 2.96 bits per heavy atom. The summed E-state index contributed by atoms with van der Waals surface area (Å²) in [5, 5.41) is 11.3. The summed E-state index contributed by atoms with van der Waals surface area (Å²) in [6.45, 7) is 3.99. The maximum absolute atomic E-state index is 13.4. The Hall–Kier alpha value is -3.08. The molecule has 0 bridgehead atoms. The third-order valence-electron chi connectivity index (χ3n) is 4.02. The van der Waals surface area contributed by atoms with Crippen molar-refractivity contribution in [2.75, 3.05) is 13.1 Å². The first kappa shape index (κ1) is 19.2. The molecule has 26 heavy (non-hydrogen) atoms. The molecule has 1 aromatic heterocycles. The summed E-state index contributed by atoms with van der Waals surface area (Å²) in [7, 11) is 0. The molecule has 8 heteroatoms. The fourth-order valence-electron chi connectivity index (χ4n) is 2.67. The molecule has 1 saturated heterocycles. The molecule has 2 rings (SSSR count). The van der Waals surface area contributed by atoms with Gasteiger partial charge in [-0.15, -0.1) is 0 Å². The third-order valence-corrected chi connectivity index (χ3v) is 4.02. The van der Waals surface area contributed by atoms with Gasteiger partial charge >= 0.3 is 0 Å². The smallest absolute Gasteiger partial charge is 0.268 e. The van der Waals surface area contributed by atoms with Crippen LogP contribution < -0.4 is 5.32 Å². The molecule has 1 N–H and O–H groups in total. The molecule has 0 aromatic carbocycles. The van der Waals surface area contributed by atoms with E-state index in [1.807, 2.05) is 0 Å². The number of rotatable bonds is 5. The van der Waals surface area contributed by atoms with Gasteiger partial charge in [-0.1, -0.05) is 18.7 Å². The van der Waals surface area contributed by atoms with Gasteiger partial charge in [0.2, 0.25) is 5.91 Å². The lowest BCUT2D eigenvalue weighted by Crippen LogP contribution is -2.43. The molecule has 1 fully saturated rings. The summed E-state index contributed by atoms with van der Waals surface area (Å²) in [6, 6.07) is 2.01. The van der Waals surface area contributed by atoms with E-state index in [-0.39, 0.29) is 0 Å². The van der Waals surface area contributed by atoms with Gasteiger partial charge in [-0.2, -0.15) is 5.26 Å². The molecule has 1 atom stereocenters. The molecule has 0 radical (unpaired) electrons. The highest BCUT2D eigenvalue weighted by Gasteiger charge is 2.47. The van der Waals surface area contributed by atoms with Crippen molar-refractivity contribution < 1.29 is 18.4 Å². The lowest BCUT2D eigenvalue weighted by molar-refractivity contribution is -0.131. The van der Waals surface area contributed by atoms with Crippen molar-refractivity contribution in [3.05, 3.63) is 47.8 Å². The Balaban J connectivity index is 2.05. The minimum Gasteiger partial charge on any atom is -0.343 e. The van der Waals surface area contributed by atoms with Crippen LogP contribution in [0.5, 0.6) is 0 Å². The van der Waals surface area contributed by atoms with E-state index in [1.54, 1.807) is 31.2 Å². The standard InChI is InChI=1S/C18H18F2N4O2/c1-3-4-5-15-12(2)14(6-7-22-15)17(26)23-10-16(25)24-11-18(19,20)8-13(24)9-21/h3-7,13H,1,8,10-11H2,2H3,(H,23,26)/b5-4-/t13-/m0/s1. The van der Waals surface area contributed by atoms with Crippen LogP contribution >= 0.6 is 0 Å². The molecule has 2 amide bonds. The van der Waals surface area contributed by atoms with Crippen LogP contribution in [-0.2, 0) is 4.79 Å². The van der Waals surface area contributed by atoms with Crippen molar-refractivity contribution in [3.63, 3.8) is 0 Å². The normalized spacial score (nSPS) is 18.5. The Kier molecular flexibility index (Phi) is 5.82. The third kappa shape index (κ3) is 4.30. The van der Waals surface area contributed by atoms with Crippen molar-refractivity contribution in [2.45, 2.75) is 25.3 Å². The van der Waals surface area contributed by atoms with Gasteiger partial charge in [0.1, 0.15) is 6.04 Å². The number of nitrogens with zero attached hydrogens (tertiary/aromatic N) is 3. The van der Waals surface area contributed by atoms with E-state index >= 15 is 0 Å². The maximum atomic E-state index is 13.4. The summed E-state index contributed by atoms with van der Waals surface area (Å²) in [5.74, 6) is -4.33. The molecule has 0 saturated carbocycles. The molecule has 0 spiro atoms. The van der Waals surface area contributed by atoms with Gasteiger partial charge in [0.25, 0.3) is 11.8 Å². The number of nitriles is 1. The highest BCUT2D eigenvalue weighted by atomic mass is 19.3. The van der Waals surface area contributed by atoms with Crippen LogP contribution in [0, 0.1) is 18.3 Å². The first-order valence-electron chi connectivity index (χ1n) is 7.89. The molecule has 136 valence electrons. The number of hydrogen-bond acceptors (Lipinski definition) is 4. The lowest BCUT2D eigenvalue weighted by Gasteiger charge is -2.19. The van der Waals surface area contributed by atoms with Crippen LogP contribution in [0.2, 0.25) is 0 Å². The Bertz CT molecular complexity index is 799. The second-order valence-electron chi connectivity index (χ2n) is 5.87. The van der Waals surface area contributed by atoms with Gasteiger partial charge in [0.05, 0.1) is 24.9 Å². The van der Waals surface area contributed by atoms with Gasteiger partial charge in [0, 0.05) is 18.2 Å². The predicted molar refractivity (Wildman–Crippen MR) is 91.2 cm³/mol. The van der Waals surface area contributed by atoms with Gasteiger partial charge < -0.3 is 10.2 Å². The molecule has 1 aromatic rings. The Morgan fingerprint density at radius 2 is 2.31 bits per heavy atom. The first-order valence-corrected chi connectivity index (χ1v) is 7.89. The fraction of sp³-hybridized carbons (Fsp3) is 0.333.